The largest absolute Gasteiger partial charge is 0.368 e. The maximum atomic E-state index is 5.49. The highest BCUT2D eigenvalue weighted by Crippen LogP contribution is 2.15. The first-order chi connectivity index (χ1) is 5.81. The molecule has 0 amide bonds. The van der Waals surface area contributed by atoms with Gasteiger partial charge in [0.25, 0.3) is 0 Å². The molecule has 0 atom stereocenters. The zero-order valence-corrected chi connectivity index (χ0v) is 8.24. The SMILES string of the molecule is Nc1nc(CI)c2[nH]ncc2n1. The van der Waals surface area contributed by atoms with E-state index in [2.05, 4.69) is 42.8 Å². The van der Waals surface area contributed by atoms with Gasteiger partial charge >= 0.3 is 0 Å². The van der Waals surface area contributed by atoms with Crippen molar-refractivity contribution >= 4 is 39.6 Å². The number of aromatic nitrogens is 4. The average molecular weight is 275 g/mol. The molecule has 2 rings (SSSR count). The van der Waals surface area contributed by atoms with Gasteiger partial charge in [0, 0.05) is 4.43 Å². The molecule has 0 aromatic carbocycles. The monoisotopic (exact) mass is 275 g/mol. The molecular weight excluding hydrogens is 269 g/mol. The summed E-state index contributed by atoms with van der Waals surface area (Å²) in [6.45, 7) is 0. The number of nitrogen functional groups attached to an aromatic ring is 1. The van der Waals surface area contributed by atoms with E-state index in [4.69, 9.17) is 5.73 Å². The minimum atomic E-state index is 0.301. The smallest absolute Gasteiger partial charge is 0.221 e. The molecule has 0 radical (unpaired) electrons. The third kappa shape index (κ3) is 1.11. The Hall–Kier alpha value is -0.920. The van der Waals surface area contributed by atoms with Gasteiger partial charge < -0.3 is 5.73 Å². The molecule has 3 N–H and O–H groups in total. The number of alkyl halides is 1. The molecule has 2 aromatic rings. The van der Waals surface area contributed by atoms with Gasteiger partial charge in [-0.3, -0.25) is 5.10 Å². The first-order valence-corrected chi connectivity index (χ1v) is 4.85. The van der Waals surface area contributed by atoms with Gasteiger partial charge in [0.2, 0.25) is 5.95 Å². The van der Waals surface area contributed by atoms with Gasteiger partial charge in [-0.2, -0.15) is 5.10 Å². The van der Waals surface area contributed by atoms with E-state index in [9.17, 15) is 0 Å². The van der Waals surface area contributed by atoms with E-state index < -0.39 is 0 Å². The maximum absolute atomic E-state index is 5.49. The Balaban J connectivity index is 2.80. The van der Waals surface area contributed by atoms with Crippen molar-refractivity contribution in [1.29, 1.82) is 0 Å². The van der Waals surface area contributed by atoms with Crippen molar-refractivity contribution in [3.8, 4) is 0 Å². The molecule has 6 heteroatoms. The summed E-state index contributed by atoms with van der Waals surface area (Å²) in [6.07, 6.45) is 1.64. The van der Waals surface area contributed by atoms with E-state index in [0.29, 0.717) is 5.95 Å². The number of hydrogen-bond acceptors (Lipinski definition) is 4. The number of nitrogens with two attached hydrogens (primary N) is 1. The first kappa shape index (κ1) is 7.71. The number of nitrogens with zero attached hydrogens (tertiary/aromatic N) is 3. The van der Waals surface area contributed by atoms with Crippen molar-refractivity contribution in [2.45, 2.75) is 4.43 Å². The summed E-state index contributed by atoms with van der Waals surface area (Å²) in [5, 5.41) is 6.70. The molecule has 12 heavy (non-hydrogen) atoms. The van der Waals surface area contributed by atoms with Crippen LogP contribution in [0.4, 0.5) is 5.95 Å². The van der Waals surface area contributed by atoms with Crippen molar-refractivity contribution < 1.29 is 0 Å². The highest BCUT2D eigenvalue weighted by atomic mass is 127. The summed E-state index contributed by atoms with van der Waals surface area (Å²) in [4.78, 5) is 8.09. The highest BCUT2D eigenvalue weighted by Gasteiger charge is 2.05. The fourth-order valence-corrected chi connectivity index (χ4v) is 1.57. The highest BCUT2D eigenvalue weighted by molar-refractivity contribution is 14.1. The van der Waals surface area contributed by atoms with Crippen LogP contribution in [0.25, 0.3) is 11.0 Å². The van der Waals surface area contributed by atoms with Gasteiger partial charge in [-0.25, -0.2) is 9.97 Å². The predicted molar refractivity (Wildman–Crippen MR) is 53.8 cm³/mol. The number of anilines is 1. The lowest BCUT2D eigenvalue weighted by Gasteiger charge is -1.97. The lowest BCUT2D eigenvalue weighted by atomic mass is 10.3. The molecule has 2 heterocycles. The summed E-state index contributed by atoms with van der Waals surface area (Å²) in [7, 11) is 0. The van der Waals surface area contributed by atoms with Crippen LogP contribution in [0, 0.1) is 0 Å². The number of rotatable bonds is 1. The predicted octanol–water partition coefficient (Wildman–Crippen LogP) is 0.870. The van der Waals surface area contributed by atoms with Crippen molar-refractivity contribution in [1.82, 2.24) is 20.2 Å². The fourth-order valence-electron chi connectivity index (χ4n) is 1.02. The van der Waals surface area contributed by atoms with Crippen molar-refractivity contribution in [2.75, 3.05) is 5.73 Å². The Bertz CT molecular complexity index is 409. The van der Waals surface area contributed by atoms with Crippen LogP contribution in [-0.4, -0.2) is 20.2 Å². The Kier molecular flexibility index (Phi) is 1.83. The minimum Gasteiger partial charge on any atom is -0.368 e. The molecule has 0 spiro atoms. The summed E-state index contributed by atoms with van der Waals surface area (Å²) in [5.74, 6) is 0.301. The van der Waals surface area contributed by atoms with Crippen LogP contribution < -0.4 is 5.73 Å². The van der Waals surface area contributed by atoms with Crippen LogP contribution in [0.3, 0.4) is 0 Å². The number of aromatic amines is 1. The molecule has 0 saturated carbocycles. The normalized spacial score (nSPS) is 10.8. The van der Waals surface area contributed by atoms with Crippen LogP contribution in [0.1, 0.15) is 5.69 Å². The lowest BCUT2D eigenvalue weighted by molar-refractivity contribution is 1.09. The minimum absolute atomic E-state index is 0.301. The lowest BCUT2D eigenvalue weighted by Crippen LogP contribution is -1.98. The molecule has 0 fully saturated rings. The number of H-pyrrole nitrogens is 1. The van der Waals surface area contributed by atoms with E-state index in [-0.39, 0.29) is 0 Å². The first-order valence-electron chi connectivity index (χ1n) is 3.32. The summed E-state index contributed by atoms with van der Waals surface area (Å²) < 4.78 is 0.795. The fraction of sp³-hybridized carbons (Fsp3) is 0.167. The van der Waals surface area contributed by atoms with Gasteiger partial charge in [-0.1, -0.05) is 22.6 Å². The molecule has 0 aliphatic heterocycles. The Morgan fingerprint density at radius 3 is 3.08 bits per heavy atom. The number of halogens is 1. The van der Waals surface area contributed by atoms with Gasteiger partial charge in [0.15, 0.2) is 0 Å². The Morgan fingerprint density at radius 1 is 1.50 bits per heavy atom. The van der Waals surface area contributed by atoms with E-state index in [1.165, 1.54) is 0 Å². The number of nitrogens with one attached hydrogen (secondary N) is 1. The zero-order valence-electron chi connectivity index (χ0n) is 6.08. The standard InChI is InChI=1S/C6H6IN5/c7-1-3-5-4(2-9-12-5)11-6(8)10-3/h2H,1H2,(H,9,12)(H2,8,10,11). The molecule has 0 aliphatic carbocycles. The van der Waals surface area contributed by atoms with E-state index in [0.717, 1.165) is 21.2 Å². The Morgan fingerprint density at radius 2 is 2.33 bits per heavy atom. The van der Waals surface area contributed by atoms with Gasteiger partial charge in [-0.15, -0.1) is 0 Å². The molecule has 0 bridgehead atoms. The number of fused-ring (bicyclic) bond motifs is 1. The van der Waals surface area contributed by atoms with Crippen LogP contribution in [0.15, 0.2) is 6.20 Å². The second-order valence-electron chi connectivity index (χ2n) is 2.29. The van der Waals surface area contributed by atoms with Crippen molar-refractivity contribution in [2.24, 2.45) is 0 Å². The van der Waals surface area contributed by atoms with Crippen LogP contribution >= 0.6 is 22.6 Å². The van der Waals surface area contributed by atoms with Crippen LogP contribution in [0.2, 0.25) is 0 Å². The second-order valence-corrected chi connectivity index (χ2v) is 3.06. The number of hydrogen-bond donors (Lipinski definition) is 2. The van der Waals surface area contributed by atoms with Crippen LogP contribution in [-0.2, 0) is 4.43 Å². The molecule has 62 valence electrons. The van der Waals surface area contributed by atoms with Crippen LogP contribution in [0.5, 0.6) is 0 Å². The second kappa shape index (κ2) is 2.85. The quantitative estimate of drug-likeness (QED) is 0.597. The zero-order chi connectivity index (χ0) is 8.55. The van der Waals surface area contributed by atoms with Crippen molar-refractivity contribution in [3.05, 3.63) is 11.9 Å². The van der Waals surface area contributed by atoms with Gasteiger partial charge in [0.1, 0.15) is 11.0 Å². The van der Waals surface area contributed by atoms with E-state index in [1.54, 1.807) is 6.20 Å². The average Bonchev–Trinajstić information content (AvgIpc) is 2.50. The van der Waals surface area contributed by atoms with Crippen molar-refractivity contribution in [3.63, 3.8) is 0 Å². The molecule has 0 aliphatic rings. The maximum Gasteiger partial charge on any atom is 0.221 e. The molecule has 5 nitrogen and oxygen atoms in total. The molecular formula is C6H6IN5. The van der Waals surface area contributed by atoms with Gasteiger partial charge in [0.05, 0.1) is 11.9 Å². The van der Waals surface area contributed by atoms with E-state index >= 15 is 0 Å². The summed E-state index contributed by atoms with van der Waals surface area (Å²) in [6, 6.07) is 0. The molecule has 2 aromatic heterocycles. The summed E-state index contributed by atoms with van der Waals surface area (Å²) >= 11 is 2.22. The third-order valence-electron chi connectivity index (χ3n) is 1.52. The summed E-state index contributed by atoms with van der Waals surface area (Å²) in [5.41, 5.74) is 8.04. The van der Waals surface area contributed by atoms with E-state index in [1.807, 2.05) is 0 Å². The molecule has 0 unspecified atom stereocenters. The topological polar surface area (TPSA) is 80.5 Å². The molecule has 0 saturated heterocycles. The van der Waals surface area contributed by atoms with Gasteiger partial charge in [-0.05, 0) is 0 Å². The third-order valence-corrected chi connectivity index (χ3v) is 2.24. The Labute approximate surface area is 81.9 Å².